The van der Waals surface area contributed by atoms with Crippen LogP contribution in [-0.2, 0) is 13.7 Å². The van der Waals surface area contributed by atoms with Crippen molar-refractivity contribution < 1.29 is 4.74 Å². The lowest BCUT2D eigenvalue weighted by Gasteiger charge is -2.06. The van der Waals surface area contributed by atoms with Crippen molar-refractivity contribution in [3.05, 3.63) is 71.9 Å². The van der Waals surface area contributed by atoms with Gasteiger partial charge < -0.3 is 4.74 Å². The van der Waals surface area contributed by atoms with Crippen molar-refractivity contribution >= 4 is 0 Å². The molecule has 0 aliphatic heterocycles. The lowest BCUT2D eigenvalue weighted by atomic mass is 10.1. The van der Waals surface area contributed by atoms with Gasteiger partial charge in [0.05, 0.1) is 5.69 Å². The lowest BCUT2D eigenvalue weighted by Crippen LogP contribution is -1.95. The van der Waals surface area contributed by atoms with Crippen molar-refractivity contribution in [2.24, 2.45) is 7.05 Å². The van der Waals surface area contributed by atoms with Crippen molar-refractivity contribution in [3.8, 4) is 17.0 Å². The molecule has 1 heterocycles. The Hall–Kier alpha value is -2.55. The van der Waals surface area contributed by atoms with E-state index in [1.165, 1.54) is 5.56 Å². The van der Waals surface area contributed by atoms with Gasteiger partial charge in [-0.25, -0.2) is 0 Å². The fourth-order valence-corrected chi connectivity index (χ4v) is 2.16. The molecule has 0 unspecified atom stereocenters. The van der Waals surface area contributed by atoms with E-state index in [-0.39, 0.29) is 0 Å². The lowest BCUT2D eigenvalue weighted by molar-refractivity contribution is 0.306. The number of hydrogen-bond acceptors (Lipinski definition) is 2. The molecule has 0 bridgehead atoms. The monoisotopic (exact) mass is 278 g/mol. The van der Waals surface area contributed by atoms with Crippen LogP contribution in [0, 0.1) is 6.92 Å². The Bertz CT molecular complexity index is 695. The summed E-state index contributed by atoms with van der Waals surface area (Å²) >= 11 is 0. The van der Waals surface area contributed by atoms with Crippen LogP contribution in [-0.4, -0.2) is 9.78 Å². The number of nitrogens with zero attached hydrogens (tertiary/aromatic N) is 2. The van der Waals surface area contributed by atoms with Gasteiger partial charge in [0.1, 0.15) is 12.4 Å². The maximum Gasteiger partial charge on any atom is 0.119 e. The molecule has 0 spiro atoms. The molecule has 0 aliphatic rings. The van der Waals surface area contributed by atoms with Crippen LogP contribution in [0.2, 0.25) is 0 Å². The summed E-state index contributed by atoms with van der Waals surface area (Å²) in [6.07, 6.45) is 0. The van der Waals surface area contributed by atoms with Crippen LogP contribution in [0.5, 0.6) is 5.75 Å². The molecule has 0 radical (unpaired) electrons. The summed E-state index contributed by atoms with van der Waals surface area (Å²) in [6.45, 7) is 2.64. The predicted octanol–water partition coefficient (Wildman–Crippen LogP) is 3.97. The average molecular weight is 278 g/mol. The number of rotatable bonds is 4. The fraction of sp³-hybridized carbons (Fsp3) is 0.167. The summed E-state index contributed by atoms with van der Waals surface area (Å²) in [5, 5.41) is 4.48. The van der Waals surface area contributed by atoms with E-state index >= 15 is 0 Å². The molecule has 3 nitrogen and oxygen atoms in total. The molecule has 3 rings (SSSR count). The third kappa shape index (κ3) is 3.14. The molecule has 0 fully saturated rings. The summed E-state index contributed by atoms with van der Waals surface area (Å²) in [5.74, 6) is 0.871. The summed E-state index contributed by atoms with van der Waals surface area (Å²) in [4.78, 5) is 0. The first-order valence-corrected chi connectivity index (χ1v) is 7.00. The first kappa shape index (κ1) is 13.4. The minimum Gasteiger partial charge on any atom is -0.489 e. The fourth-order valence-electron chi connectivity index (χ4n) is 2.16. The highest BCUT2D eigenvalue weighted by Gasteiger charge is 2.04. The highest BCUT2D eigenvalue weighted by molar-refractivity contribution is 5.60. The third-order valence-corrected chi connectivity index (χ3v) is 3.51. The molecule has 3 heteroatoms. The minimum absolute atomic E-state index is 0.586. The Morgan fingerprint density at radius 2 is 1.71 bits per heavy atom. The second-order valence-electron chi connectivity index (χ2n) is 5.09. The SMILES string of the molecule is Cc1cc(-c2ccc(OCc3ccccc3)cc2)nn1C. The van der Waals surface area contributed by atoms with Crippen molar-refractivity contribution in [1.29, 1.82) is 0 Å². The highest BCUT2D eigenvalue weighted by atomic mass is 16.5. The maximum absolute atomic E-state index is 5.79. The number of hydrogen-bond donors (Lipinski definition) is 0. The smallest absolute Gasteiger partial charge is 0.119 e. The van der Waals surface area contributed by atoms with Crippen LogP contribution < -0.4 is 4.74 Å². The molecular formula is C18H18N2O. The number of aromatic nitrogens is 2. The van der Waals surface area contributed by atoms with E-state index in [1.54, 1.807) is 0 Å². The molecule has 21 heavy (non-hydrogen) atoms. The number of aryl methyl sites for hydroxylation is 2. The topological polar surface area (TPSA) is 27.1 Å². The van der Waals surface area contributed by atoms with E-state index in [2.05, 4.69) is 23.3 Å². The Morgan fingerprint density at radius 1 is 1.00 bits per heavy atom. The summed E-state index contributed by atoms with van der Waals surface area (Å²) in [6, 6.07) is 20.3. The second kappa shape index (κ2) is 5.83. The van der Waals surface area contributed by atoms with Crippen LogP contribution in [0.1, 0.15) is 11.3 Å². The van der Waals surface area contributed by atoms with Gasteiger partial charge in [0.2, 0.25) is 0 Å². The van der Waals surface area contributed by atoms with E-state index in [0.29, 0.717) is 6.61 Å². The molecular weight excluding hydrogens is 260 g/mol. The molecule has 0 atom stereocenters. The zero-order valence-electron chi connectivity index (χ0n) is 12.3. The molecule has 106 valence electrons. The van der Waals surface area contributed by atoms with E-state index < -0.39 is 0 Å². The zero-order valence-corrected chi connectivity index (χ0v) is 12.3. The van der Waals surface area contributed by atoms with Crippen molar-refractivity contribution in [3.63, 3.8) is 0 Å². The average Bonchev–Trinajstić information content (AvgIpc) is 2.86. The Labute approximate surface area is 124 Å². The quantitative estimate of drug-likeness (QED) is 0.722. The van der Waals surface area contributed by atoms with Gasteiger partial charge in [0.15, 0.2) is 0 Å². The predicted molar refractivity (Wildman–Crippen MR) is 84.2 cm³/mol. The summed E-state index contributed by atoms with van der Waals surface area (Å²) < 4.78 is 7.67. The van der Waals surface area contributed by atoms with Crippen LogP contribution in [0.25, 0.3) is 11.3 Å². The molecule has 0 saturated carbocycles. The Balaban J connectivity index is 1.69. The van der Waals surface area contributed by atoms with E-state index in [9.17, 15) is 0 Å². The van der Waals surface area contributed by atoms with Gasteiger partial charge in [0.25, 0.3) is 0 Å². The standard InChI is InChI=1S/C18H18N2O/c1-14-12-18(19-20(14)2)16-8-10-17(11-9-16)21-13-15-6-4-3-5-7-15/h3-12H,13H2,1-2H3. The molecule has 0 saturated heterocycles. The van der Waals surface area contributed by atoms with Gasteiger partial charge >= 0.3 is 0 Å². The third-order valence-electron chi connectivity index (χ3n) is 3.51. The van der Waals surface area contributed by atoms with Crippen LogP contribution in [0.15, 0.2) is 60.7 Å². The first-order chi connectivity index (χ1) is 10.2. The second-order valence-corrected chi connectivity index (χ2v) is 5.09. The number of benzene rings is 2. The van der Waals surface area contributed by atoms with Crippen molar-refractivity contribution in [2.75, 3.05) is 0 Å². The van der Waals surface area contributed by atoms with Gasteiger partial charge in [-0.15, -0.1) is 0 Å². The van der Waals surface area contributed by atoms with Gasteiger partial charge in [0, 0.05) is 18.3 Å². The van der Waals surface area contributed by atoms with Crippen LogP contribution >= 0.6 is 0 Å². The summed E-state index contributed by atoms with van der Waals surface area (Å²) in [5.41, 5.74) is 4.41. The Morgan fingerprint density at radius 3 is 2.33 bits per heavy atom. The van der Waals surface area contributed by atoms with E-state index in [4.69, 9.17) is 4.74 Å². The highest BCUT2D eigenvalue weighted by Crippen LogP contribution is 2.22. The van der Waals surface area contributed by atoms with Crippen LogP contribution in [0.4, 0.5) is 0 Å². The molecule has 0 amide bonds. The maximum atomic E-state index is 5.79. The van der Waals surface area contributed by atoms with E-state index in [0.717, 1.165) is 22.7 Å². The largest absolute Gasteiger partial charge is 0.489 e. The molecule has 0 aliphatic carbocycles. The van der Waals surface area contributed by atoms with Gasteiger partial charge in [-0.05, 0) is 42.8 Å². The molecule has 1 aromatic heterocycles. The normalized spacial score (nSPS) is 10.6. The van der Waals surface area contributed by atoms with Gasteiger partial charge in [-0.1, -0.05) is 30.3 Å². The summed E-state index contributed by atoms with van der Waals surface area (Å²) in [7, 11) is 1.95. The molecule has 0 N–H and O–H groups in total. The van der Waals surface area contributed by atoms with E-state index in [1.807, 2.05) is 61.1 Å². The van der Waals surface area contributed by atoms with Crippen molar-refractivity contribution in [2.45, 2.75) is 13.5 Å². The number of ether oxygens (including phenoxy) is 1. The Kier molecular flexibility index (Phi) is 3.73. The van der Waals surface area contributed by atoms with Crippen molar-refractivity contribution in [1.82, 2.24) is 9.78 Å². The van der Waals surface area contributed by atoms with Gasteiger partial charge in [-0.2, -0.15) is 5.10 Å². The molecule has 3 aromatic rings. The van der Waals surface area contributed by atoms with Crippen LogP contribution in [0.3, 0.4) is 0 Å². The molecule has 2 aromatic carbocycles. The van der Waals surface area contributed by atoms with Gasteiger partial charge in [-0.3, -0.25) is 4.68 Å². The zero-order chi connectivity index (χ0) is 14.7. The minimum atomic E-state index is 0.586. The first-order valence-electron chi connectivity index (χ1n) is 7.00.